The fourth-order valence-corrected chi connectivity index (χ4v) is 3.09. The molecule has 0 radical (unpaired) electrons. The maximum atomic E-state index is 12.0. The van der Waals surface area contributed by atoms with Gasteiger partial charge in [0.15, 0.2) is 0 Å². The summed E-state index contributed by atoms with van der Waals surface area (Å²) < 4.78 is 0. The lowest BCUT2D eigenvalue weighted by Gasteiger charge is -2.28. The highest BCUT2D eigenvalue weighted by atomic mass is 35.5. The third-order valence-electron chi connectivity index (χ3n) is 3.46. The van der Waals surface area contributed by atoms with Crippen LogP contribution in [0, 0.1) is 0 Å². The van der Waals surface area contributed by atoms with Gasteiger partial charge >= 0.3 is 6.03 Å². The zero-order chi connectivity index (χ0) is 14.5. The Balaban J connectivity index is 1.99. The number of hydrogen-bond donors (Lipinski definition) is 3. The monoisotopic (exact) mass is 314 g/mol. The van der Waals surface area contributed by atoms with Crippen LogP contribution in [0.3, 0.4) is 0 Å². The quantitative estimate of drug-likeness (QED) is 0.748. The Hall–Kier alpha value is -0.910. The molecule has 0 heterocycles. The highest BCUT2D eigenvalue weighted by Crippen LogP contribution is 2.28. The fraction of sp³-hybridized carbons (Fsp3) is 0.500. The Morgan fingerprint density at radius 2 is 2.15 bits per heavy atom. The molecule has 1 aromatic carbocycles. The molecule has 110 valence electrons. The predicted molar refractivity (Wildman–Crippen MR) is 83.7 cm³/mol. The van der Waals surface area contributed by atoms with E-state index in [0.29, 0.717) is 10.7 Å². The van der Waals surface area contributed by atoms with Crippen LogP contribution in [0.5, 0.6) is 0 Å². The molecule has 1 aliphatic rings. The van der Waals surface area contributed by atoms with Crippen molar-refractivity contribution in [3.63, 3.8) is 0 Å². The SMILES string of the molecule is CSc1ccc(Cl)cc1NC(=O)NC1CCCCC1O. The van der Waals surface area contributed by atoms with E-state index < -0.39 is 6.10 Å². The van der Waals surface area contributed by atoms with Gasteiger partial charge in [-0.05, 0) is 37.3 Å². The number of aliphatic hydroxyl groups excluding tert-OH is 1. The van der Waals surface area contributed by atoms with E-state index in [1.165, 1.54) is 0 Å². The third-order valence-corrected chi connectivity index (χ3v) is 4.49. The summed E-state index contributed by atoms with van der Waals surface area (Å²) in [6.07, 6.45) is 5.12. The second-order valence-electron chi connectivity index (χ2n) is 4.90. The third kappa shape index (κ3) is 4.04. The van der Waals surface area contributed by atoms with Crippen molar-refractivity contribution in [2.45, 2.75) is 42.7 Å². The number of nitrogens with one attached hydrogen (secondary N) is 2. The highest BCUT2D eigenvalue weighted by molar-refractivity contribution is 7.98. The van der Waals surface area contributed by atoms with Crippen molar-refractivity contribution < 1.29 is 9.90 Å². The number of anilines is 1. The summed E-state index contributed by atoms with van der Waals surface area (Å²) >= 11 is 7.49. The number of benzene rings is 1. The van der Waals surface area contributed by atoms with Crippen LogP contribution in [0.4, 0.5) is 10.5 Å². The summed E-state index contributed by atoms with van der Waals surface area (Å²) in [5, 5.41) is 16.1. The molecule has 1 saturated carbocycles. The smallest absolute Gasteiger partial charge is 0.319 e. The summed E-state index contributed by atoms with van der Waals surface area (Å²) in [6.45, 7) is 0. The van der Waals surface area contributed by atoms with Gasteiger partial charge in [-0.3, -0.25) is 0 Å². The Morgan fingerprint density at radius 3 is 2.85 bits per heavy atom. The molecule has 2 atom stereocenters. The van der Waals surface area contributed by atoms with Crippen molar-refractivity contribution in [3.05, 3.63) is 23.2 Å². The summed E-state index contributed by atoms with van der Waals surface area (Å²) in [7, 11) is 0. The number of thioether (sulfide) groups is 1. The van der Waals surface area contributed by atoms with Crippen molar-refractivity contribution in [3.8, 4) is 0 Å². The van der Waals surface area contributed by atoms with E-state index in [1.807, 2.05) is 12.3 Å². The molecule has 1 aliphatic carbocycles. The zero-order valence-electron chi connectivity index (χ0n) is 11.4. The van der Waals surface area contributed by atoms with Crippen LogP contribution in [0.25, 0.3) is 0 Å². The van der Waals surface area contributed by atoms with Gasteiger partial charge in [0.1, 0.15) is 0 Å². The van der Waals surface area contributed by atoms with Gasteiger partial charge in [0.2, 0.25) is 0 Å². The summed E-state index contributed by atoms with van der Waals surface area (Å²) in [4.78, 5) is 13.0. The number of halogens is 1. The van der Waals surface area contributed by atoms with Crippen LogP contribution >= 0.6 is 23.4 Å². The maximum Gasteiger partial charge on any atom is 0.319 e. The molecule has 6 heteroatoms. The van der Waals surface area contributed by atoms with Crippen LogP contribution in [-0.4, -0.2) is 29.5 Å². The largest absolute Gasteiger partial charge is 0.391 e. The molecule has 2 rings (SSSR count). The number of amides is 2. The number of hydrogen-bond acceptors (Lipinski definition) is 3. The molecule has 0 aromatic heterocycles. The van der Waals surface area contributed by atoms with Crippen LogP contribution in [0.2, 0.25) is 5.02 Å². The van der Waals surface area contributed by atoms with E-state index in [9.17, 15) is 9.90 Å². The molecule has 0 saturated heterocycles. The average molecular weight is 315 g/mol. The minimum Gasteiger partial charge on any atom is -0.391 e. The number of urea groups is 1. The van der Waals surface area contributed by atoms with Crippen LogP contribution < -0.4 is 10.6 Å². The fourth-order valence-electron chi connectivity index (χ4n) is 2.38. The first-order chi connectivity index (χ1) is 9.60. The Bertz CT molecular complexity index is 484. The van der Waals surface area contributed by atoms with E-state index >= 15 is 0 Å². The van der Waals surface area contributed by atoms with E-state index in [1.54, 1.807) is 23.9 Å². The predicted octanol–water partition coefficient (Wildman–Crippen LogP) is 3.49. The van der Waals surface area contributed by atoms with Crippen molar-refractivity contribution in [2.24, 2.45) is 0 Å². The lowest BCUT2D eigenvalue weighted by molar-refractivity contribution is 0.0955. The number of carbonyl (C=O) groups excluding carboxylic acids is 1. The molecule has 0 aliphatic heterocycles. The normalized spacial score (nSPS) is 22.4. The zero-order valence-corrected chi connectivity index (χ0v) is 12.9. The minimum absolute atomic E-state index is 0.166. The molecular formula is C14H19ClN2O2S. The van der Waals surface area contributed by atoms with E-state index in [-0.39, 0.29) is 12.1 Å². The summed E-state index contributed by atoms with van der Waals surface area (Å²) in [6, 6.07) is 4.93. The topological polar surface area (TPSA) is 61.4 Å². The first-order valence-electron chi connectivity index (χ1n) is 6.69. The first-order valence-corrected chi connectivity index (χ1v) is 8.29. The number of carbonyl (C=O) groups is 1. The van der Waals surface area contributed by atoms with Gasteiger partial charge in [-0.1, -0.05) is 24.4 Å². The molecule has 20 heavy (non-hydrogen) atoms. The molecule has 1 aromatic rings. The van der Waals surface area contributed by atoms with Crippen molar-refractivity contribution >= 4 is 35.1 Å². The molecule has 2 unspecified atom stereocenters. The Labute approximate surface area is 128 Å². The molecule has 0 bridgehead atoms. The minimum atomic E-state index is -0.450. The first kappa shape index (κ1) is 15.5. The Morgan fingerprint density at radius 1 is 1.40 bits per heavy atom. The van der Waals surface area contributed by atoms with Gasteiger partial charge in [-0.25, -0.2) is 4.79 Å². The van der Waals surface area contributed by atoms with Crippen LogP contribution in [0.15, 0.2) is 23.1 Å². The molecule has 3 N–H and O–H groups in total. The lowest BCUT2D eigenvalue weighted by Crippen LogP contribution is -2.46. The van der Waals surface area contributed by atoms with E-state index in [2.05, 4.69) is 10.6 Å². The maximum absolute atomic E-state index is 12.0. The van der Waals surface area contributed by atoms with E-state index in [0.717, 1.165) is 30.6 Å². The van der Waals surface area contributed by atoms with Gasteiger partial charge in [0.05, 0.1) is 17.8 Å². The van der Waals surface area contributed by atoms with Gasteiger partial charge in [-0.15, -0.1) is 11.8 Å². The van der Waals surface area contributed by atoms with Gasteiger partial charge < -0.3 is 15.7 Å². The molecule has 4 nitrogen and oxygen atoms in total. The highest BCUT2D eigenvalue weighted by Gasteiger charge is 2.24. The van der Waals surface area contributed by atoms with Gasteiger partial charge in [0.25, 0.3) is 0 Å². The van der Waals surface area contributed by atoms with Crippen molar-refractivity contribution in [1.82, 2.24) is 5.32 Å². The average Bonchev–Trinajstić information content (AvgIpc) is 2.41. The summed E-state index contributed by atoms with van der Waals surface area (Å²) in [5.74, 6) is 0. The molecule has 2 amide bonds. The van der Waals surface area contributed by atoms with E-state index in [4.69, 9.17) is 11.6 Å². The second-order valence-corrected chi connectivity index (χ2v) is 6.19. The van der Waals surface area contributed by atoms with Crippen LogP contribution in [-0.2, 0) is 0 Å². The van der Waals surface area contributed by atoms with Crippen LogP contribution in [0.1, 0.15) is 25.7 Å². The standard InChI is InChI=1S/C14H19ClN2O2S/c1-20-13-7-6-9(15)8-11(13)17-14(19)16-10-4-2-3-5-12(10)18/h6-8,10,12,18H,2-5H2,1H3,(H2,16,17,19). The number of aliphatic hydroxyl groups is 1. The lowest BCUT2D eigenvalue weighted by atomic mass is 9.93. The Kier molecular flexibility index (Phi) is 5.57. The van der Waals surface area contributed by atoms with Gasteiger partial charge in [-0.2, -0.15) is 0 Å². The van der Waals surface area contributed by atoms with Crippen molar-refractivity contribution in [2.75, 3.05) is 11.6 Å². The van der Waals surface area contributed by atoms with Crippen molar-refractivity contribution in [1.29, 1.82) is 0 Å². The van der Waals surface area contributed by atoms with Gasteiger partial charge in [0, 0.05) is 9.92 Å². The molecule has 1 fully saturated rings. The number of rotatable bonds is 3. The summed E-state index contributed by atoms with van der Waals surface area (Å²) in [5.41, 5.74) is 0.688. The second kappa shape index (κ2) is 7.20. The molecule has 0 spiro atoms. The molecular weight excluding hydrogens is 296 g/mol.